The van der Waals surface area contributed by atoms with Gasteiger partial charge in [-0.1, -0.05) is 6.07 Å². The second-order valence-corrected chi connectivity index (χ2v) is 14.0. The highest BCUT2D eigenvalue weighted by Gasteiger charge is 2.46. The first-order valence-electron chi connectivity index (χ1n) is 13.6. The number of aromatic amines is 1. The van der Waals surface area contributed by atoms with E-state index in [1.165, 1.54) is 4.52 Å². The Kier molecular flexibility index (Phi) is 6.13. The van der Waals surface area contributed by atoms with Crippen molar-refractivity contribution in [2.24, 2.45) is 0 Å². The molecule has 3 N–H and O–H groups in total. The SMILES string of the molecule is Cc1nc(C(=O)N2[C@@H]3CC[C@H]2C[C@@H](c2nc4c(-c5ccc(-c6csc(C)n6)nc5)cnn4c(N)c2S(C)(=O)=O)C3)n[nH]1. The van der Waals surface area contributed by atoms with Crippen molar-refractivity contribution in [1.29, 1.82) is 0 Å². The Hall–Kier alpha value is -4.24. The highest BCUT2D eigenvalue weighted by atomic mass is 32.2. The zero-order valence-corrected chi connectivity index (χ0v) is 24.8. The number of amides is 1. The molecule has 2 fully saturated rings. The van der Waals surface area contributed by atoms with Gasteiger partial charge in [-0.05, 0) is 45.6 Å². The van der Waals surface area contributed by atoms with Crippen LogP contribution in [-0.4, -0.2) is 77.3 Å². The number of fused-ring (bicyclic) bond motifs is 3. The van der Waals surface area contributed by atoms with Gasteiger partial charge in [0.15, 0.2) is 15.5 Å². The molecule has 0 aliphatic carbocycles. The number of hydrogen-bond donors (Lipinski definition) is 2. The van der Waals surface area contributed by atoms with Crippen LogP contribution >= 0.6 is 11.3 Å². The number of carbonyl (C=O) groups excluding carboxylic acids is 1. The number of H-pyrrole nitrogens is 1. The lowest BCUT2D eigenvalue weighted by Gasteiger charge is -2.38. The number of anilines is 1. The van der Waals surface area contributed by atoms with Gasteiger partial charge in [0.2, 0.25) is 5.82 Å². The lowest BCUT2D eigenvalue weighted by Crippen LogP contribution is -2.46. The molecule has 3 atom stereocenters. The zero-order chi connectivity index (χ0) is 29.3. The third kappa shape index (κ3) is 4.34. The Balaban J connectivity index is 1.27. The van der Waals surface area contributed by atoms with Gasteiger partial charge in [-0.25, -0.2) is 23.4 Å². The van der Waals surface area contributed by atoms with Crippen LogP contribution in [0.3, 0.4) is 0 Å². The first kappa shape index (κ1) is 26.6. The molecule has 5 aromatic rings. The number of pyridine rings is 1. The van der Waals surface area contributed by atoms with Crippen LogP contribution in [0.5, 0.6) is 0 Å². The maximum absolute atomic E-state index is 13.3. The van der Waals surface area contributed by atoms with E-state index >= 15 is 0 Å². The average molecular weight is 605 g/mol. The molecule has 2 bridgehead atoms. The molecular formula is C27H28N10O3S2. The van der Waals surface area contributed by atoms with Gasteiger partial charge in [-0.3, -0.25) is 14.9 Å². The molecule has 216 valence electrons. The highest BCUT2D eigenvalue weighted by molar-refractivity contribution is 7.91. The number of aryl methyl sites for hydroxylation is 2. The van der Waals surface area contributed by atoms with Crippen molar-refractivity contribution in [3.8, 4) is 22.5 Å². The van der Waals surface area contributed by atoms with Gasteiger partial charge in [-0.2, -0.15) is 9.61 Å². The molecule has 0 spiro atoms. The Bertz CT molecular complexity index is 1950. The van der Waals surface area contributed by atoms with Crippen molar-refractivity contribution in [1.82, 2.24) is 44.6 Å². The molecule has 2 aliphatic rings. The monoisotopic (exact) mass is 604 g/mol. The summed E-state index contributed by atoms with van der Waals surface area (Å²) in [4.78, 5) is 33.4. The van der Waals surface area contributed by atoms with Crippen molar-refractivity contribution in [2.75, 3.05) is 12.0 Å². The lowest BCUT2D eigenvalue weighted by molar-refractivity contribution is 0.0556. The molecule has 1 amide bonds. The molecule has 7 rings (SSSR count). The second kappa shape index (κ2) is 9.66. The number of aromatic nitrogens is 8. The minimum Gasteiger partial charge on any atom is -0.382 e. The fraction of sp³-hybridized carbons (Fsp3) is 0.370. The maximum Gasteiger partial charge on any atom is 0.294 e. The fourth-order valence-corrected chi connectivity index (χ4v) is 8.02. The van der Waals surface area contributed by atoms with Gasteiger partial charge < -0.3 is 10.6 Å². The number of nitrogens with zero attached hydrogens (tertiary/aromatic N) is 8. The third-order valence-corrected chi connectivity index (χ3v) is 10.1. The van der Waals surface area contributed by atoms with Gasteiger partial charge in [-0.15, -0.1) is 16.4 Å². The van der Waals surface area contributed by atoms with Crippen molar-refractivity contribution in [3.63, 3.8) is 0 Å². The lowest BCUT2D eigenvalue weighted by atomic mass is 9.87. The van der Waals surface area contributed by atoms with Crippen LogP contribution in [0.15, 0.2) is 34.8 Å². The Labute approximate surface area is 245 Å². The van der Waals surface area contributed by atoms with Gasteiger partial charge in [0.25, 0.3) is 5.91 Å². The summed E-state index contributed by atoms with van der Waals surface area (Å²) in [5, 5.41) is 14.1. The normalized spacial score (nSPS) is 20.5. The number of carbonyl (C=O) groups is 1. The van der Waals surface area contributed by atoms with E-state index in [9.17, 15) is 13.2 Å². The van der Waals surface area contributed by atoms with E-state index in [0.717, 1.165) is 41.1 Å². The van der Waals surface area contributed by atoms with E-state index in [2.05, 4.69) is 30.2 Å². The van der Waals surface area contributed by atoms with E-state index in [1.54, 1.807) is 30.7 Å². The first-order valence-corrected chi connectivity index (χ1v) is 16.3. The summed E-state index contributed by atoms with van der Waals surface area (Å²) in [5.74, 6) is 0.322. The second-order valence-electron chi connectivity index (χ2n) is 11.0. The smallest absolute Gasteiger partial charge is 0.294 e. The quantitative estimate of drug-likeness (QED) is 0.303. The molecule has 15 heteroatoms. The predicted molar refractivity (Wildman–Crippen MR) is 156 cm³/mol. The molecule has 2 aliphatic heterocycles. The van der Waals surface area contributed by atoms with Crippen LogP contribution in [0.1, 0.15) is 58.7 Å². The van der Waals surface area contributed by atoms with E-state index in [1.807, 2.05) is 29.3 Å². The van der Waals surface area contributed by atoms with Crippen LogP contribution in [0.25, 0.3) is 28.2 Å². The number of hydrogen-bond acceptors (Lipinski definition) is 11. The number of nitrogens with two attached hydrogens (primary N) is 1. The van der Waals surface area contributed by atoms with E-state index in [4.69, 9.17) is 10.7 Å². The van der Waals surface area contributed by atoms with Gasteiger partial charge in [0, 0.05) is 47.0 Å². The van der Waals surface area contributed by atoms with Crippen molar-refractivity contribution >= 4 is 38.5 Å². The van der Waals surface area contributed by atoms with Crippen LogP contribution < -0.4 is 5.73 Å². The van der Waals surface area contributed by atoms with Gasteiger partial charge >= 0.3 is 0 Å². The molecule has 0 radical (unpaired) electrons. The highest BCUT2D eigenvalue weighted by Crippen LogP contribution is 2.45. The number of nitrogens with one attached hydrogen (secondary N) is 1. The molecule has 42 heavy (non-hydrogen) atoms. The Morgan fingerprint density at radius 1 is 1.07 bits per heavy atom. The molecule has 7 heterocycles. The topological polar surface area (TPSA) is 178 Å². The van der Waals surface area contributed by atoms with E-state index < -0.39 is 9.84 Å². The number of rotatable bonds is 5. The van der Waals surface area contributed by atoms with Crippen LogP contribution in [-0.2, 0) is 9.84 Å². The summed E-state index contributed by atoms with van der Waals surface area (Å²) in [7, 11) is -3.75. The van der Waals surface area contributed by atoms with Gasteiger partial charge in [0.05, 0.1) is 28.3 Å². The molecule has 0 saturated carbocycles. The van der Waals surface area contributed by atoms with Crippen molar-refractivity contribution in [2.45, 2.75) is 62.4 Å². The molecule has 13 nitrogen and oxygen atoms in total. The summed E-state index contributed by atoms with van der Waals surface area (Å²) in [6, 6.07) is 3.65. The molecular weight excluding hydrogens is 576 g/mol. The summed E-state index contributed by atoms with van der Waals surface area (Å²) in [6.45, 7) is 3.70. The number of nitrogen functional groups attached to an aromatic ring is 1. The fourth-order valence-electron chi connectivity index (χ4n) is 6.35. The predicted octanol–water partition coefficient (Wildman–Crippen LogP) is 3.19. The summed E-state index contributed by atoms with van der Waals surface area (Å²) >= 11 is 1.56. The summed E-state index contributed by atoms with van der Waals surface area (Å²) in [6.07, 6.45) is 7.25. The summed E-state index contributed by atoms with van der Waals surface area (Å²) < 4.78 is 27.6. The number of sulfone groups is 1. The van der Waals surface area contributed by atoms with Crippen molar-refractivity contribution < 1.29 is 13.2 Å². The zero-order valence-electron chi connectivity index (χ0n) is 23.1. The molecule has 0 unspecified atom stereocenters. The first-order chi connectivity index (χ1) is 20.1. The average Bonchev–Trinajstić information content (AvgIpc) is 3.74. The maximum atomic E-state index is 13.3. The summed E-state index contributed by atoms with van der Waals surface area (Å²) in [5.41, 5.74) is 10.4. The van der Waals surface area contributed by atoms with Crippen LogP contribution in [0.2, 0.25) is 0 Å². The van der Waals surface area contributed by atoms with Crippen LogP contribution in [0, 0.1) is 13.8 Å². The standard InChI is InChI=1S/C27H28N10O3S2/c1-13-31-25(35-34-13)27(38)36-17-5-6-18(36)9-16(8-17)22-23(42(3,39)40)24(28)37-26(33-22)19(11-30-37)15-4-7-20(29-10-15)21-12-41-14(2)32-21/h4,7,10-12,16-18H,5-6,8-9,28H2,1-3H3,(H,31,34,35)/t16-,17+,18-. The molecule has 5 aromatic heterocycles. The minimum atomic E-state index is -3.75. The Morgan fingerprint density at radius 2 is 1.83 bits per heavy atom. The van der Waals surface area contributed by atoms with Crippen molar-refractivity contribution in [3.05, 3.63) is 52.3 Å². The minimum absolute atomic E-state index is 0.00852. The molecule has 2 saturated heterocycles. The number of thiazole rings is 1. The largest absolute Gasteiger partial charge is 0.382 e. The third-order valence-electron chi connectivity index (χ3n) is 8.13. The van der Waals surface area contributed by atoms with E-state index in [-0.39, 0.29) is 40.4 Å². The number of piperidine rings is 1. The van der Waals surface area contributed by atoms with Gasteiger partial charge in [0.1, 0.15) is 16.5 Å². The Morgan fingerprint density at radius 3 is 2.43 bits per heavy atom. The van der Waals surface area contributed by atoms with Crippen LogP contribution in [0.4, 0.5) is 5.82 Å². The molecule has 0 aromatic carbocycles. The van der Waals surface area contributed by atoms with E-state index in [0.29, 0.717) is 35.6 Å².